The zero-order valence-corrected chi connectivity index (χ0v) is 13.2. The summed E-state index contributed by atoms with van der Waals surface area (Å²) < 4.78 is 5.70. The first kappa shape index (κ1) is 16.9. The van der Waals surface area contributed by atoms with E-state index in [1.165, 1.54) is 6.92 Å². The van der Waals surface area contributed by atoms with Gasteiger partial charge in [0.25, 0.3) is 0 Å². The van der Waals surface area contributed by atoms with Crippen LogP contribution in [-0.4, -0.2) is 17.6 Å². The summed E-state index contributed by atoms with van der Waals surface area (Å²) in [6, 6.07) is 16.3. The molecule has 2 N–H and O–H groups in total. The summed E-state index contributed by atoms with van der Waals surface area (Å²) in [5.74, 6) is 1.48. The van der Waals surface area contributed by atoms with Gasteiger partial charge in [-0.05, 0) is 43.2 Å². The van der Waals surface area contributed by atoms with Gasteiger partial charge in [0.2, 0.25) is 0 Å². The number of rotatable bonds is 8. The van der Waals surface area contributed by atoms with Crippen LogP contribution in [0, 0.1) is 0 Å². The lowest BCUT2D eigenvalue weighted by molar-refractivity contribution is -0.120. The van der Waals surface area contributed by atoms with Crippen LogP contribution in [0.15, 0.2) is 54.6 Å². The Morgan fingerprint density at radius 1 is 1.00 bits per heavy atom. The summed E-state index contributed by atoms with van der Waals surface area (Å²) in [4.78, 5) is 23.0. The molecule has 4 nitrogen and oxygen atoms in total. The van der Waals surface area contributed by atoms with Gasteiger partial charge >= 0.3 is 0 Å². The number of ketones is 2. The molecule has 0 saturated carbocycles. The van der Waals surface area contributed by atoms with Gasteiger partial charge in [-0.1, -0.05) is 30.3 Å². The Balaban J connectivity index is 1.89. The highest BCUT2D eigenvalue weighted by atomic mass is 16.5. The van der Waals surface area contributed by atoms with Crippen molar-refractivity contribution in [2.45, 2.75) is 32.2 Å². The maximum Gasteiger partial charge on any atom is 0.153 e. The summed E-state index contributed by atoms with van der Waals surface area (Å²) in [6.07, 6.45) is 1.02. The Kier molecular flexibility index (Phi) is 6.06. The maximum absolute atomic E-state index is 12.0. The van der Waals surface area contributed by atoms with E-state index in [9.17, 15) is 9.59 Å². The average molecular weight is 311 g/mol. The van der Waals surface area contributed by atoms with Crippen molar-refractivity contribution in [3.05, 3.63) is 60.2 Å². The number of benzene rings is 2. The fourth-order valence-electron chi connectivity index (χ4n) is 2.15. The second kappa shape index (κ2) is 8.25. The zero-order valence-electron chi connectivity index (χ0n) is 13.2. The quantitative estimate of drug-likeness (QED) is 0.812. The minimum atomic E-state index is -0.584. The molecule has 2 aromatic carbocycles. The Bertz CT molecular complexity index is 650. The van der Waals surface area contributed by atoms with E-state index in [4.69, 9.17) is 10.5 Å². The highest BCUT2D eigenvalue weighted by Gasteiger charge is 2.14. The van der Waals surface area contributed by atoms with Gasteiger partial charge in [0.05, 0.1) is 6.04 Å². The van der Waals surface area contributed by atoms with Gasteiger partial charge in [-0.25, -0.2) is 0 Å². The molecule has 120 valence electrons. The normalized spacial score (nSPS) is 11.7. The van der Waals surface area contributed by atoms with Crippen molar-refractivity contribution in [1.29, 1.82) is 0 Å². The molecule has 0 amide bonds. The van der Waals surface area contributed by atoms with Gasteiger partial charge in [-0.2, -0.15) is 0 Å². The molecule has 2 aromatic rings. The molecule has 0 aromatic heterocycles. The molecule has 0 saturated heterocycles. The lowest BCUT2D eigenvalue weighted by Crippen LogP contribution is -2.32. The highest BCUT2D eigenvalue weighted by Crippen LogP contribution is 2.21. The van der Waals surface area contributed by atoms with Gasteiger partial charge in [0, 0.05) is 12.8 Å². The predicted octanol–water partition coefficient (Wildman–Crippen LogP) is 3.29. The first-order valence-electron chi connectivity index (χ1n) is 7.64. The number of hydrogen-bond donors (Lipinski definition) is 1. The van der Waals surface area contributed by atoms with E-state index in [0.717, 1.165) is 11.3 Å². The molecule has 0 aliphatic carbocycles. The van der Waals surface area contributed by atoms with Gasteiger partial charge in [0.1, 0.15) is 17.3 Å². The van der Waals surface area contributed by atoms with E-state index in [-0.39, 0.29) is 18.0 Å². The SMILES string of the molecule is CC(=O)CC[C@@H](N)C(=O)Cc1ccc(Oc2ccccc2)cc1. The van der Waals surface area contributed by atoms with E-state index < -0.39 is 6.04 Å². The van der Waals surface area contributed by atoms with Crippen LogP contribution in [0.25, 0.3) is 0 Å². The molecule has 0 radical (unpaired) electrons. The number of para-hydroxylation sites is 1. The molecule has 0 unspecified atom stereocenters. The number of carbonyl (C=O) groups excluding carboxylic acids is 2. The van der Waals surface area contributed by atoms with E-state index >= 15 is 0 Å². The number of Topliss-reactive ketones (excluding diaryl/α,β-unsaturated/α-hetero) is 2. The van der Waals surface area contributed by atoms with Crippen LogP contribution in [-0.2, 0) is 16.0 Å². The fourth-order valence-corrected chi connectivity index (χ4v) is 2.15. The smallest absolute Gasteiger partial charge is 0.153 e. The Hall–Kier alpha value is -2.46. The fraction of sp³-hybridized carbons (Fsp3) is 0.263. The molecule has 1 atom stereocenters. The molecule has 0 spiro atoms. The van der Waals surface area contributed by atoms with E-state index in [1.54, 1.807) is 0 Å². The second-order valence-corrected chi connectivity index (χ2v) is 5.55. The Morgan fingerprint density at radius 3 is 2.22 bits per heavy atom. The highest BCUT2D eigenvalue weighted by molar-refractivity contribution is 5.86. The van der Waals surface area contributed by atoms with Crippen molar-refractivity contribution >= 4 is 11.6 Å². The third-order valence-electron chi connectivity index (χ3n) is 3.50. The molecule has 0 heterocycles. The van der Waals surface area contributed by atoms with Crippen molar-refractivity contribution in [3.63, 3.8) is 0 Å². The largest absolute Gasteiger partial charge is 0.457 e. The number of hydrogen-bond acceptors (Lipinski definition) is 4. The van der Waals surface area contributed by atoms with Crippen LogP contribution in [0.3, 0.4) is 0 Å². The third-order valence-corrected chi connectivity index (χ3v) is 3.50. The Morgan fingerprint density at radius 2 is 1.61 bits per heavy atom. The molecule has 0 aliphatic heterocycles. The number of nitrogens with two attached hydrogens (primary N) is 1. The number of ether oxygens (including phenoxy) is 1. The van der Waals surface area contributed by atoms with Crippen molar-refractivity contribution < 1.29 is 14.3 Å². The first-order valence-corrected chi connectivity index (χ1v) is 7.64. The lowest BCUT2D eigenvalue weighted by Gasteiger charge is -2.10. The van der Waals surface area contributed by atoms with Crippen LogP contribution in [0.2, 0.25) is 0 Å². The van der Waals surface area contributed by atoms with Gasteiger partial charge in [0.15, 0.2) is 5.78 Å². The molecule has 0 bridgehead atoms. The Labute approximate surface area is 136 Å². The number of carbonyl (C=O) groups is 2. The minimum Gasteiger partial charge on any atom is -0.457 e. The van der Waals surface area contributed by atoms with E-state index in [1.807, 2.05) is 54.6 Å². The van der Waals surface area contributed by atoms with Crippen molar-refractivity contribution in [1.82, 2.24) is 0 Å². The minimum absolute atomic E-state index is 0.0515. The molecular formula is C19H21NO3. The second-order valence-electron chi connectivity index (χ2n) is 5.55. The van der Waals surface area contributed by atoms with Gasteiger partial charge in [-0.3, -0.25) is 4.79 Å². The third kappa shape index (κ3) is 5.68. The molecular weight excluding hydrogens is 290 g/mol. The van der Waals surface area contributed by atoms with E-state index in [2.05, 4.69) is 0 Å². The van der Waals surface area contributed by atoms with Crippen molar-refractivity contribution in [3.8, 4) is 11.5 Å². The van der Waals surface area contributed by atoms with Crippen LogP contribution in [0.4, 0.5) is 0 Å². The zero-order chi connectivity index (χ0) is 16.7. The molecule has 2 rings (SSSR count). The van der Waals surface area contributed by atoms with Crippen LogP contribution in [0.5, 0.6) is 11.5 Å². The standard InChI is InChI=1S/C19H21NO3/c1-14(21)7-12-18(20)19(22)13-15-8-10-17(11-9-15)23-16-5-3-2-4-6-16/h2-6,8-11,18H,7,12-13,20H2,1H3/t18-/m1/s1. The molecule has 0 aliphatic rings. The van der Waals surface area contributed by atoms with E-state index in [0.29, 0.717) is 18.6 Å². The van der Waals surface area contributed by atoms with Gasteiger partial charge in [-0.15, -0.1) is 0 Å². The molecule has 4 heteroatoms. The van der Waals surface area contributed by atoms with Crippen LogP contribution in [0.1, 0.15) is 25.3 Å². The van der Waals surface area contributed by atoms with Gasteiger partial charge < -0.3 is 15.3 Å². The van der Waals surface area contributed by atoms with Crippen molar-refractivity contribution in [2.75, 3.05) is 0 Å². The maximum atomic E-state index is 12.0. The monoisotopic (exact) mass is 311 g/mol. The predicted molar refractivity (Wildman–Crippen MR) is 89.6 cm³/mol. The summed E-state index contributed by atoms with van der Waals surface area (Å²) in [6.45, 7) is 1.50. The summed E-state index contributed by atoms with van der Waals surface area (Å²) in [5, 5.41) is 0. The topological polar surface area (TPSA) is 69.4 Å². The lowest BCUT2D eigenvalue weighted by atomic mass is 10.00. The molecule has 0 fully saturated rings. The van der Waals surface area contributed by atoms with Crippen LogP contribution < -0.4 is 10.5 Å². The van der Waals surface area contributed by atoms with Crippen molar-refractivity contribution in [2.24, 2.45) is 5.73 Å². The molecule has 23 heavy (non-hydrogen) atoms. The summed E-state index contributed by atoms with van der Waals surface area (Å²) >= 11 is 0. The van der Waals surface area contributed by atoms with Crippen LogP contribution >= 0.6 is 0 Å². The summed E-state index contributed by atoms with van der Waals surface area (Å²) in [5.41, 5.74) is 6.70. The average Bonchev–Trinajstić information content (AvgIpc) is 2.55. The first-order chi connectivity index (χ1) is 11.0. The summed E-state index contributed by atoms with van der Waals surface area (Å²) in [7, 11) is 0.